The third-order valence-electron chi connectivity index (χ3n) is 3.39. The normalized spacial score (nSPS) is 15.3. The number of carbonyl (C=O) groups is 3. The van der Waals surface area contributed by atoms with Crippen molar-refractivity contribution in [3.8, 4) is 0 Å². The van der Waals surface area contributed by atoms with Gasteiger partial charge in [0.1, 0.15) is 6.54 Å². The number of amides is 3. The lowest BCUT2D eigenvalue weighted by Gasteiger charge is -2.30. The molecule has 0 saturated carbocycles. The third-order valence-corrected chi connectivity index (χ3v) is 3.39. The van der Waals surface area contributed by atoms with E-state index in [1.54, 1.807) is 25.2 Å². The Morgan fingerprint density at radius 3 is 2.71 bits per heavy atom. The summed E-state index contributed by atoms with van der Waals surface area (Å²) >= 11 is 0. The van der Waals surface area contributed by atoms with Crippen LogP contribution in [-0.4, -0.2) is 54.2 Å². The van der Waals surface area contributed by atoms with Crippen LogP contribution >= 0.6 is 0 Å². The van der Waals surface area contributed by atoms with E-state index in [1.165, 1.54) is 9.80 Å². The lowest BCUT2D eigenvalue weighted by molar-refractivity contribution is -0.155. The van der Waals surface area contributed by atoms with Crippen molar-refractivity contribution >= 4 is 29.1 Å². The van der Waals surface area contributed by atoms with Crippen LogP contribution in [0, 0.1) is 6.92 Å². The van der Waals surface area contributed by atoms with Gasteiger partial charge in [-0.1, -0.05) is 6.07 Å². The molecule has 0 radical (unpaired) electrons. The maximum atomic E-state index is 12.0. The third kappa shape index (κ3) is 3.31. The summed E-state index contributed by atoms with van der Waals surface area (Å²) in [5.74, 6) is -1.59. The summed E-state index contributed by atoms with van der Waals surface area (Å²) in [6.45, 7) is 2.48. The fraction of sp³-hybridized carbons (Fsp3) is 0.357. The largest absolute Gasteiger partial charge is 0.399 e. The van der Waals surface area contributed by atoms with Crippen LogP contribution in [0.5, 0.6) is 0 Å². The van der Waals surface area contributed by atoms with E-state index in [0.29, 0.717) is 24.5 Å². The van der Waals surface area contributed by atoms with Gasteiger partial charge in [0.05, 0.1) is 0 Å². The standard InChI is InChI=1S/C14H18N4O3/c1-9-3-4-10(15)7-11(9)16-12(19)8-18-6-5-17(2)13(20)14(18)21/h3-4,7H,5-6,8,15H2,1-2H3,(H,16,19). The summed E-state index contributed by atoms with van der Waals surface area (Å²) in [6, 6.07) is 5.20. The summed E-state index contributed by atoms with van der Waals surface area (Å²) in [5.41, 5.74) is 7.70. The molecule has 3 N–H and O–H groups in total. The summed E-state index contributed by atoms with van der Waals surface area (Å²) < 4.78 is 0. The van der Waals surface area contributed by atoms with Crippen LogP contribution in [0.2, 0.25) is 0 Å². The molecule has 3 amide bonds. The van der Waals surface area contributed by atoms with E-state index < -0.39 is 11.8 Å². The minimum absolute atomic E-state index is 0.146. The highest BCUT2D eigenvalue weighted by Crippen LogP contribution is 2.18. The molecule has 112 valence electrons. The van der Waals surface area contributed by atoms with E-state index in [9.17, 15) is 14.4 Å². The minimum Gasteiger partial charge on any atom is -0.399 e. The molecule has 1 aromatic carbocycles. The molecule has 1 heterocycles. The minimum atomic E-state index is -0.650. The molecule has 0 aliphatic carbocycles. The van der Waals surface area contributed by atoms with Gasteiger partial charge in [-0.2, -0.15) is 0 Å². The van der Waals surface area contributed by atoms with Crippen molar-refractivity contribution in [1.29, 1.82) is 0 Å². The van der Waals surface area contributed by atoms with Crippen LogP contribution in [0.15, 0.2) is 18.2 Å². The van der Waals surface area contributed by atoms with Gasteiger partial charge in [0.25, 0.3) is 0 Å². The Balaban J connectivity index is 2.00. The van der Waals surface area contributed by atoms with Crippen LogP contribution in [0.4, 0.5) is 11.4 Å². The topological polar surface area (TPSA) is 95.7 Å². The van der Waals surface area contributed by atoms with Crippen LogP contribution < -0.4 is 11.1 Å². The second kappa shape index (κ2) is 5.82. The zero-order chi connectivity index (χ0) is 15.6. The molecule has 1 aliphatic rings. The quantitative estimate of drug-likeness (QED) is 0.596. The van der Waals surface area contributed by atoms with Gasteiger partial charge in [0.15, 0.2) is 0 Å². The lowest BCUT2D eigenvalue weighted by Crippen LogP contribution is -2.54. The first-order valence-corrected chi connectivity index (χ1v) is 6.59. The van der Waals surface area contributed by atoms with Gasteiger partial charge in [-0.05, 0) is 24.6 Å². The van der Waals surface area contributed by atoms with E-state index in [2.05, 4.69) is 5.32 Å². The summed E-state index contributed by atoms with van der Waals surface area (Å²) in [7, 11) is 1.56. The molecule has 7 nitrogen and oxygen atoms in total. The fourth-order valence-corrected chi connectivity index (χ4v) is 2.06. The number of carbonyl (C=O) groups excluding carboxylic acids is 3. The monoisotopic (exact) mass is 290 g/mol. The molecule has 1 fully saturated rings. The smallest absolute Gasteiger partial charge is 0.312 e. The van der Waals surface area contributed by atoms with Crippen molar-refractivity contribution in [2.45, 2.75) is 6.92 Å². The molecule has 0 atom stereocenters. The van der Waals surface area contributed by atoms with Gasteiger partial charge in [-0.3, -0.25) is 14.4 Å². The molecule has 7 heteroatoms. The molecule has 1 aliphatic heterocycles. The van der Waals surface area contributed by atoms with Crippen molar-refractivity contribution in [1.82, 2.24) is 9.80 Å². The predicted molar refractivity (Wildman–Crippen MR) is 78.4 cm³/mol. The van der Waals surface area contributed by atoms with Gasteiger partial charge in [0.2, 0.25) is 5.91 Å². The number of piperazine rings is 1. The Bertz CT molecular complexity index is 600. The zero-order valence-electron chi connectivity index (χ0n) is 12.0. The highest BCUT2D eigenvalue weighted by molar-refractivity contribution is 6.35. The Kier molecular flexibility index (Phi) is 4.11. The number of nitrogens with one attached hydrogen (secondary N) is 1. The number of nitrogen functional groups attached to an aromatic ring is 1. The van der Waals surface area contributed by atoms with Gasteiger partial charge in [-0.25, -0.2) is 0 Å². The average molecular weight is 290 g/mol. The molecule has 0 spiro atoms. The van der Waals surface area contributed by atoms with Crippen LogP contribution in [0.25, 0.3) is 0 Å². The number of aryl methyl sites for hydroxylation is 1. The van der Waals surface area contributed by atoms with Crippen LogP contribution in [0.3, 0.4) is 0 Å². The number of hydrogen-bond donors (Lipinski definition) is 2. The molecule has 1 aromatic rings. The number of likely N-dealkylation sites (N-methyl/N-ethyl adjacent to an activating group) is 1. The van der Waals surface area contributed by atoms with E-state index >= 15 is 0 Å². The van der Waals surface area contributed by atoms with Gasteiger partial charge < -0.3 is 20.9 Å². The first-order chi connectivity index (χ1) is 9.88. The molecular weight excluding hydrogens is 272 g/mol. The summed E-state index contributed by atoms with van der Waals surface area (Å²) in [6.07, 6.45) is 0. The Morgan fingerprint density at radius 2 is 2.00 bits per heavy atom. The lowest BCUT2D eigenvalue weighted by atomic mass is 10.2. The van der Waals surface area contributed by atoms with Gasteiger partial charge >= 0.3 is 11.8 Å². The Morgan fingerprint density at radius 1 is 1.29 bits per heavy atom. The van der Waals surface area contributed by atoms with Crippen molar-refractivity contribution in [3.63, 3.8) is 0 Å². The van der Waals surface area contributed by atoms with Crippen molar-refractivity contribution in [2.24, 2.45) is 0 Å². The highest BCUT2D eigenvalue weighted by atomic mass is 16.2. The van der Waals surface area contributed by atoms with E-state index in [0.717, 1.165) is 5.56 Å². The zero-order valence-corrected chi connectivity index (χ0v) is 12.0. The maximum Gasteiger partial charge on any atom is 0.312 e. The Labute approximate surface area is 122 Å². The highest BCUT2D eigenvalue weighted by Gasteiger charge is 2.31. The number of anilines is 2. The van der Waals surface area contributed by atoms with Gasteiger partial charge in [-0.15, -0.1) is 0 Å². The van der Waals surface area contributed by atoms with E-state index in [-0.39, 0.29) is 12.5 Å². The van der Waals surface area contributed by atoms with Crippen LogP contribution in [0.1, 0.15) is 5.56 Å². The van der Waals surface area contributed by atoms with Crippen molar-refractivity contribution < 1.29 is 14.4 Å². The van der Waals surface area contributed by atoms with Crippen molar-refractivity contribution in [2.75, 3.05) is 37.7 Å². The van der Waals surface area contributed by atoms with E-state index in [1.807, 2.05) is 6.92 Å². The molecule has 21 heavy (non-hydrogen) atoms. The van der Waals surface area contributed by atoms with Crippen molar-refractivity contribution in [3.05, 3.63) is 23.8 Å². The number of nitrogens with two attached hydrogens (primary N) is 1. The Hall–Kier alpha value is -2.57. The molecule has 0 aromatic heterocycles. The maximum absolute atomic E-state index is 12.0. The second-order valence-electron chi connectivity index (χ2n) is 5.08. The molecule has 2 rings (SSSR count). The first kappa shape index (κ1) is 14.8. The number of benzene rings is 1. The molecular formula is C14H18N4O3. The SMILES string of the molecule is Cc1ccc(N)cc1NC(=O)CN1CCN(C)C(=O)C1=O. The summed E-state index contributed by atoms with van der Waals surface area (Å²) in [4.78, 5) is 37.9. The molecule has 0 bridgehead atoms. The van der Waals surface area contributed by atoms with Crippen LogP contribution in [-0.2, 0) is 14.4 Å². The molecule has 0 unspecified atom stereocenters. The number of nitrogens with zero attached hydrogens (tertiary/aromatic N) is 2. The second-order valence-corrected chi connectivity index (χ2v) is 5.08. The number of rotatable bonds is 3. The predicted octanol–water partition coefficient (Wildman–Crippen LogP) is -0.184. The summed E-state index contributed by atoms with van der Waals surface area (Å²) in [5, 5.41) is 2.71. The average Bonchev–Trinajstić information content (AvgIpc) is 2.43. The molecule has 1 saturated heterocycles. The fourth-order valence-electron chi connectivity index (χ4n) is 2.06. The number of hydrogen-bond acceptors (Lipinski definition) is 4. The van der Waals surface area contributed by atoms with Gasteiger partial charge in [0, 0.05) is 31.5 Å². The van der Waals surface area contributed by atoms with E-state index in [4.69, 9.17) is 5.73 Å². The first-order valence-electron chi connectivity index (χ1n) is 6.59.